The molecule has 1 aliphatic heterocycles. The molecule has 1 unspecified atom stereocenters. The van der Waals surface area contributed by atoms with Crippen molar-refractivity contribution in [1.29, 1.82) is 0 Å². The molecule has 1 fully saturated rings. The third kappa shape index (κ3) is 3.98. The number of carbonyl (C=O) groups is 1. The van der Waals surface area contributed by atoms with Gasteiger partial charge in [0.05, 0.1) is 0 Å². The number of nitrogen functional groups attached to an aromatic ring is 1. The lowest BCUT2D eigenvalue weighted by Gasteiger charge is -2.22. The molecule has 2 N–H and O–H groups in total. The number of likely N-dealkylation sites (tertiary alicyclic amines) is 1. The van der Waals surface area contributed by atoms with Crippen LogP contribution in [0.25, 0.3) is 0 Å². The van der Waals surface area contributed by atoms with Gasteiger partial charge in [0.1, 0.15) is 0 Å². The number of rotatable bonds is 4. The lowest BCUT2D eigenvalue weighted by molar-refractivity contribution is -0.131. The molecule has 0 spiro atoms. The van der Waals surface area contributed by atoms with Gasteiger partial charge in [-0.05, 0) is 36.5 Å². The van der Waals surface area contributed by atoms with Gasteiger partial charge in [-0.15, -0.1) is 0 Å². The first-order valence-corrected chi connectivity index (χ1v) is 8.21. The highest BCUT2D eigenvalue weighted by molar-refractivity contribution is 9.10. The monoisotopic (exact) mass is 338 g/mol. The van der Waals surface area contributed by atoms with E-state index in [1.54, 1.807) is 0 Å². The average molecular weight is 339 g/mol. The molecule has 0 aliphatic carbocycles. The maximum absolute atomic E-state index is 12.2. The second-order valence-corrected chi connectivity index (χ2v) is 6.56. The molecule has 0 saturated carbocycles. The molecule has 1 aliphatic rings. The van der Waals surface area contributed by atoms with Gasteiger partial charge < -0.3 is 10.6 Å². The van der Waals surface area contributed by atoms with Crippen LogP contribution in [0.4, 0.5) is 5.69 Å². The van der Waals surface area contributed by atoms with Crippen molar-refractivity contribution in [3.63, 3.8) is 0 Å². The smallest absolute Gasteiger partial charge is 0.222 e. The number of amides is 1. The van der Waals surface area contributed by atoms with E-state index in [0.717, 1.165) is 35.1 Å². The van der Waals surface area contributed by atoms with Gasteiger partial charge in [-0.1, -0.05) is 41.8 Å². The Labute approximate surface area is 129 Å². The molecule has 1 atom stereocenters. The molecule has 1 aromatic rings. The number of nitrogens with two attached hydrogens (primary N) is 1. The van der Waals surface area contributed by atoms with E-state index in [9.17, 15) is 4.79 Å². The molecule has 110 valence electrons. The molecule has 1 heterocycles. The fraction of sp³-hybridized carbons (Fsp3) is 0.562. The maximum Gasteiger partial charge on any atom is 0.222 e. The SMILES string of the molecule is CCCC1CCC(=O)N(Cc2ccc(Br)cc2N)CC1. The zero-order chi connectivity index (χ0) is 14.5. The van der Waals surface area contributed by atoms with Gasteiger partial charge in [-0.25, -0.2) is 0 Å². The summed E-state index contributed by atoms with van der Waals surface area (Å²) in [5.74, 6) is 0.974. The molecular weight excluding hydrogens is 316 g/mol. The predicted molar refractivity (Wildman–Crippen MR) is 86.2 cm³/mol. The summed E-state index contributed by atoms with van der Waals surface area (Å²) in [5, 5.41) is 0. The van der Waals surface area contributed by atoms with Crippen LogP contribution in [0.5, 0.6) is 0 Å². The topological polar surface area (TPSA) is 46.3 Å². The first kappa shape index (κ1) is 15.4. The number of carbonyl (C=O) groups excluding carboxylic acids is 1. The van der Waals surface area contributed by atoms with Crippen LogP contribution >= 0.6 is 15.9 Å². The van der Waals surface area contributed by atoms with Crippen LogP contribution in [0.2, 0.25) is 0 Å². The Hall–Kier alpha value is -1.03. The summed E-state index contributed by atoms with van der Waals surface area (Å²) in [6.07, 6.45) is 5.29. The largest absolute Gasteiger partial charge is 0.398 e. The summed E-state index contributed by atoms with van der Waals surface area (Å²) in [7, 11) is 0. The molecule has 4 heteroatoms. The zero-order valence-electron chi connectivity index (χ0n) is 12.1. The summed E-state index contributed by atoms with van der Waals surface area (Å²) in [6.45, 7) is 3.71. The third-order valence-electron chi connectivity index (χ3n) is 4.09. The van der Waals surface area contributed by atoms with Crippen LogP contribution in [0.1, 0.15) is 44.6 Å². The molecule has 20 heavy (non-hydrogen) atoms. The number of nitrogens with zero attached hydrogens (tertiary/aromatic N) is 1. The average Bonchev–Trinajstić information content (AvgIpc) is 2.57. The van der Waals surface area contributed by atoms with E-state index in [0.29, 0.717) is 18.9 Å². The quantitative estimate of drug-likeness (QED) is 0.844. The Morgan fingerprint density at radius 1 is 1.40 bits per heavy atom. The van der Waals surface area contributed by atoms with Gasteiger partial charge in [0.2, 0.25) is 5.91 Å². The molecule has 0 aromatic heterocycles. The van der Waals surface area contributed by atoms with Crippen molar-refractivity contribution in [1.82, 2.24) is 4.90 Å². The van der Waals surface area contributed by atoms with Crippen molar-refractivity contribution >= 4 is 27.5 Å². The second-order valence-electron chi connectivity index (χ2n) is 5.64. The fourth-order valence-electron chi connectivity index (χ4n) is 2.87. The highest BCUT2D eigenvalue weighted by Crippen LogP contribution is 2.25. The normalized spacial score (nSPS) is 20.0. The summed E-state index contributed by atoms with van der Waals surface area (Å²) in [6, 6.07) is 5.88. The van der Waals surface area contributed by atoms with E-state index < -0.39 is 0 Å². The Kier molecular flexibility index (Phi) is 5.46. The number of anilines is 1. The summed E-state index contributed by atoms with van der Waals surface area (Å²) in [4.78, 5) is 14.2. The molecule has 0 bridgehead atoms. The number of halogens is 1. The van der Waals surface area contributed by atoms with Crippen LogP contribution in [0, 0.1) is 5.92 Å². The summed E-state index contributed by atoms with van der Waals surface area (Å²) in [5.41, 5.74) is 7.82. The standard InChI is InChI=1S/C16H23BrN2O/c1-2-3-12-4-7-16(20)19(9-8-12)11-13-5-6-14(17)10-15(13)18/h5-6,10,12H,2-4,7-9,11,18H2,1H3. The van der Waals surface area contributed by atoms with Crippen molar-refractivity contribution in [2.45, 2.75) is 45.6 Å². The fourth-order valence-corrected chi connectivity index (χ4v) is 3.25. The lowest BCUT2D eigenvalue weighted by Crippen LogP contribution is -2.30. The van der Waals surface area contributed by atoms with Crippen molar-refractivity contribution in [2.75, 3.05) is 12.3 Å². The highest BCUT2D eigenvalue weighted by Gasteiger charge is 2.22. The molecule has 3 nitrogen and oxygen atoms in total. The van der Waals surface area contributed by atoms with Crippen LogP contribution < -0.4 is 5.73 Å². The first-order chi connectivity index (χ1) is 9.60. The van der Waals surface area contributed by atoms with Crippen molar-refractivity contribution < 1.29 is 4.79 Å². The Balaban J connectivity index is 2.02. The van der Waals surface area contributed by atoms with Crippen molar-refractivity contribution in [2.24, 2.45) is 5.92 Å². The summed E-state index contributed by atoms with van der Waals surface area (Å²) >= 11 is 3.41. The third-order valence-corrected chi connectivity index (χ3v) is 4.59. The Morgan fingerprint density at radius 3 is 2.90 bits per heavy atom. The van der Waals surface area contributed by atoms with Crippen molar-refractivity contribution in [3.8, 4) is 0 Å². The number of hydrogen-bond donors (Lipinski definition) is 1. The number of hydrogen-bond acceptors (Lipinski definition) is 2. The highest BCUT2D eigenvalue weighted by atomic mass is 79.9. The van der Waals surface area contributed by atoms with Gasteiger partial charge >= 0.3 is 0 Å². The van der Waals surface area contributed by atoms with Crippen LogP contribution in [0.3, 0.4) is 0 Å². The molecule has 1 amide bonds. The zero-order valence-corrected chi connectivity index (χ0v) is 13.7. The minimum absolute atomic E-state index is 0.269. The van der Waals surface area contributed by atoms with Gasteiger partial charge in [0.15, 0.2) is 0 Å². The van der Waals surface area contributed by atoms with E-state index in [2.05, 4.69) is 22.9 Å². The molecule has 1 aromatic carbocycles. The molecule has 0 radical (unpaired) electrons. The van der Waals surface area contributed by atoms with Gasteiger partial charge in [-0.2, -0.15) is 0 Å². The Bertz CT molecular complexity index is 476. The lowest BCUT2D eigenvalue weighted by atomic mass is 9.96. The van der Waals surface area contributed by atoms with Crippen LogP contribution in [-0.2, 0) is 11.3 Å². The second kappa shape index (κ2) is 7.11. The van der Waals surface area contributed by atoms with Gasteiger partial charge in [0, 0.05) is 29.7 Å². The van der Waals surface area contributed by atoms with Gasteiger partial charge in [0.25, 0.3) is 0 Å². The number of benzene rings is 1. The molecule has 1 saturated heterocycles. The summed E-state index contributed by atoms with van der Waals surface area (Å²) < 4.78 is 0.976. The minimum atomic E-state index is 0.269. The molecular formula is C16H23BrN2O. The maximum atomic E-state index is 12.2. The van der Waals surface area contributed by atoms with E-state index >= 15 is 0 Å². The van der Waals surface area contributed by atoms with E-state index in [-0.39, 0.29) is 5.91 Å². The van der Waals surface area contributed by atoms with Crippen LogP contribution in [-0.4, -0.2) is 17.4 Å². The predicted octanol–water partition coefficient (Wildman–Crippen LogP) is 3.96. The van der Waals surface area contributed by atoms with E-state index in [1.165, 1.54) is 12.8 Å². The van der Waals surface area contributed by atoms with E-state index in [4.69, 9.17) is 5.73 Å². The Morgan fingerprint density at radius 2 is 2.20 bits per heavy atom. The van der Waals surface area contributed by atoms with Crippen LogP contribution in [0.15, 0.2) is 22.7 Å². The van der Waals surface area contributed by atoms with E-state index in [1.807, 2.05) is 23.1 Å². The minimum Gasteiger partial charge on any atom is -0.398 e. The van der Waals surface area contributed by atoms with Crippen molar-refractivity contribution in [3.05, 3.63) is 28.2 Å². The first-order valence-electron chi connectivity index (χ1n) is 7.41. The van der Waals surface area contributed by atoms with Gasteiger partial charge in [-0.3, -0.25) is 4.79 Å². The molecule has 2 rings (SSSR count).